The van der Waals surface area contributed by atoms with Crippen molar-refractivity contribution in [2.24, 2.45) is 50.2 Å². The van der Waals surface area contributed by atoms with E-state index in [-0.39, 0.29) is 39.1 Å². The van der Waals surface area contributed by atoms with Crippen molar-refractivity contribution >= 4 is 11.8 Å². The van der Waals surface area contributed by atoms with Crippen molar-refractivity contribution in [3.05, 3.63) is 11.6 Å². The molecule has 248 valence electrons. The number of carbonyl (C=O) groups is 2. The molecule has 0 amide bonds. The molecule has 12 unspecified atom stereocenters. The van der Waals surface area contributed by atoms with Crippen LogP contribution < -0.4 is 0 Å². The number of allylic oxidation sites excluding steroid dienone is 2. The topological polar surface area (TPSA) is 134 Å². The minimum atomic E-state index is -1.65. The summed E-state index contributed by atoms with van der Waals surface area (Å²) in [6, 6.07) is 0. The lowest BCUT2D eigenvalue weighted by Gasteiger charge is -2.71. The maximum absolute atomic E-state index is 12.9. The van der Waals surface area contributed by atoms with Crippen LogP contribution in [0.25, 0.3) is 0 Å². The lowest BCUT2D eigenvalue weighted by molar-refractivity contribution is -0.279. The van der Waals surface area contributed by atoms with Gasteiger partial charge in [-0.2, -0.15) is 0 Å². The van der Waals surface area contributed by atoms with Crippen LogP contribution in [0.4, 0.5) is 0 Å². The number of rotatable bonds is 4. The van der Waals surface area contributed by atoms with Crippen LogP contribution in [0.2, 0.25) is 0 Å². The molecule has 0 bridgehead atoms. The maximum atomic E-state index is 12.9. The van der Waals surface area contributed by atoms with Crippen LogP contribution in [0.15, 0.2) is 11.6 Å². The molecule has 0 aromatic rings. The van der Waals surface area contributed by atoms with E-state index in [4.69, 9.17) is 9.47 Å². The van der Waals surface area contributed by atoms with Gasteiger partial charge in [0.2, 0.25) is 12.1 Å². The Balaban J connectivity index is 1.29. The van der Waals surface area contributed by atoms with Gasteiger partial charge in [-0.3, -0.25) is 9.59 Å². The highest BCUT2D eigenvalue weighted by molar-refractivity contribution is 5.87. The molecular weight excluding hydrogens is 560 g/mol. The summed E-state index contributed by atoms with van der Waals surface area (Å²) in [6.07, 6.45) is 5.81. The summed E-state index contributed by atoms with van der Waals surface area (Å²) in [7, 11) is 0. The van der Waals surface area contributed by atoms with Crippen molar-refractivity contribution in [3.63, 3.8) is 0 Å². The summed E-state index contributed by atoms with van der Waals surface area (Å²) in [6.45, 7) is 16.0. The average Bonchev–Trinajstić information content (AvgIpc) is 2.94. The largest absolute Gasteiger partial charge is 0.481 e. The zero-order valence-corrected chi connectivity index (χ0v) is 27.9. The molecule has 4 N–H and O–H groups in total. The SMILES string of the molecule is CC1(C)CCC2(C(=O)O)CCC3(C)C(=CCC4C5(C)CCC(OC6OC(CO)C(O)C(O)C6=O)C(C)(C)C5CCC43C)C2C1. The summed E-state index contributed by atoms with van der Waals surface area (Å²) < 4.78 is 12.0. The number of hydrogen-bond acceptors (Lipinski definition) is 7. The van der Waals surface area contributed by atoms with Crippen LogP contribution in [0, 0.1) is 50.2 Å². The monoisotopic (exact) mass is 616 g/mol. The Morgan fingerprint density at radius 1 is 0.955 bits per heavy atom. The number of aliphatic hydroxyl groups excluding tert-OH is 3. The van der Waals surface area contributed by atoms with Gasteiger partial charge in [-0.1, -0.05) is 60.1 Å². The highest BCUT2D eigenvalue weighted by atomic mass is 16.7. The Morgan fingerprint density at radius 3 is 2.30 bits per heavy atom. The lowest BCUT2D eigenvalue weighted by Crippen LogP contribution is -2.65. The third-order valence-corrected chi connectivity index (χ3v) is 15.0. The number of aliphatic hydroxyl groups is 3. The summed E-state index contributed by atoms with van der Waals surface area (Å²) in [5, 5.41) is 40.7. The zero-order chi connectivity index (χ0) is 32.3. The molecule has 5 fully saturated rings. The normalized spacial score (nSPS) is 51.2. The molecule has 0 aromatic heterocycles. The van der Waals surface area contributed by atoms with Gasteiger partial charge in [0.25, 0.3) is 0 Å². The molecule has 8 heteroatoms. The van der Waals surface area contributed by atoms with Gasteiger partial charge in [-0.05, 0) is 109 Å². The minimum Gasteiger partial charge on any atom is -0.481 e. The molecule has 1 saturated heterocycles. The van der Waals surface area contributed by atoms with E-state index in [2.05, 4.69) is 54.5 Å². The first-order chi connectivity index (χ1) is 20.4. The molecule has 0 spiro atoms. The molecule has 8 nitrogen and oxygen atoms in total. The Labute approximate surface area is 263 Å². The number of carbonyl (C=O) groups excluding carboxylic acids is 1. The van der Waals surface area contributed by atoms with Gasteiger partial charge < -0.3 is 29.9 Å². The molecule has 1 heterocycles. The van der Waals surface area contributed by atoms with E-state index >= 15 is 0 Å². The standard InChI is InChI=1S/C36H56O8/c1-31(2)14-16-36(30(41)42)17-15-34(6)20(21(36)18-31)8-9-24-33(5)12-11-25(32(3,4)23(33)10-13-35(24,34)7)44-29-28(40)27(39)26(38)22(19-37)43-29/h8,21-27,29,37-39H,9-19H2,1-7H3,(H,41,42). The van der Waals surface area contributed by atoms with Crippen LogP contribution in [0.3, 0.4) is 0 Å². The Morgan fingerprint density at radius 2 is 1.64 bits per heavy atom. The number of ether oxygens (including phenoxy) is 2. The summed E-state index contributed by atoms with van der Waals surface area (Å²) in [4.78, 5) is 25.8. The smallest absolute Gasteiger partial charge is 0.310 e. The first-order valence-electron chi connectivity index (χ1n) is 17.1. The molecule has 0 radical (unpaired) electrons. The Hall–Kier alpha value is -1.32. The minimum absolute atomic E-state index is 0.0370. The first-order valence-corrected chi connectivity index (χ1v) is 17.1. The van der Waals surface area contributed by atoms with E-state index in [1.165, 1.54) is 5.57 Å². The summed E-state index contributed by atoms with van der Waals surface area (Å²) in [5.41, 5.74) is 0.697. The quantitative estimate of drug-likeness (QED) is 0.248. The van der Waals surface area contributed by atoms with E-state index < -0.39 is 48.4 Å². The van der Waals surface area contributed by atoms with E-state index in [0.717, 1.165) is 64.2 Å². The predicted octanol–water partition coefficient (Wildman–Crippen LogP) is 5.27. The van der Waals surface area contributed by atoms with Crippen molar-refractivity contribution in [2.75, 3.05) is 6.61 Å². The summed E-state index contributed by atoms with van der Waals surface area (Å²) >= 11 is 0. The molecular formula is C36H56O8. The second-order valence-electron chi connectivity index (χ2n) is 17.7. The number of Topliss-reactive ketones (excluding diaryl/α,β-unsaturated/α-hetero) is 1. The zero-order valence-electron chi connectivity index (χ0n) is 27.9. The number of carboxylic acid groups (broad SMARTS) is 1. The van der Waals surface area contributed by atoms with E-state index in [0.29, 0.717) is 11.8 Å². The average molecular weight is 617 g/mol. The number of hydrogen-bond donors (Lipinski definition) is 4. The van der Waals surface area contributed by atoms with Crippen molar-refractivity contribution in [1.29, 1.82) is 0 Å². The fraction of sp³-hybridized carbons (Fsp3) is 0.889. The lowest BCUT2D eigenvalue weighted by atomic mass is 9.33. The van der Waals surface area contributed by atoms with Crippen molar-refractivity contribution in [3.8, 4) is 0 Å². The highest BCUT2D eigenvalue weighted by Gasteiger charge is 2.69. The van der Waals surface area contributed by atoms with E-state index in [1.54, 1.807) is 0 Å². The predicted molar refractivity (Wildman–Crippen MR) is 164 cm³/mol. The van der Waals surface area contributed by atoms with Crippen molar-refractivity contribution in [2.45, 2.75) is 143 Å². The molecule has 0 aromatic carbocycles. The molecule has 6 rings (SSSR count). The first kappa shape index (κ1) is 32.6. The van der Waals surface area contributed by atoms with Gasteiger partial charge in [0.05, 0.1) is 18.1 Å². The molecule has 1 aliphatic heterocycles. The van der Waals surface area contributed by atoms with Crippen LogP contribution in [0.5, 0.6) is 0 Å². The third kappa shape index (κ3) is 4.33. The van der Waals surface area contributed by atoms with Gasteiger partial charge in [-0.25, -0.2) is 0 Å². The molecule has 12 atom stereocenters. The van der Waals surface area contributed by atoms with E-state index in [9.17, 15) is 30.0 Å². The van der Waals surface area contributed by atoms with Gasteiger partial charge in [0.15, 0.2) is 0 Å². The van der Waals surface area contributed by atoms with Crippen LogP contribution >= 0.6 is 0 Å². The number of fused-ring (bicyclic) bond motifs is 7. The molecule has 44 heavy (non-hydrogen) atoms. The highest BCUT2D eigenvalue weighted by Crippen LogP contribution is 2.76. The van der Waals surface area contributed by atoms with Gasteiger partial charge in [-0.15, -0.1) is 0 Å². The van der Waals surface area contributed by atoms with Gasteiger partial charge >= 0.3 is 5.97 Å². The summed E-state index contributed by atoms with van der Waals surface area (Å²) in [5.74, 6) is -0.419. The second-order valence-corrected chi connectivity index (χ2v) is 17.7. The maximum Gasteiger partial charge on any atom is 0.310 e. The van der Waals surface area contributed by atoms with Gasteiger partial charge in [0, 0.05) is 0 Å². The Bertz CT molecular complexity index is 1220. The fourth-order valence-corrected chi connectivity index (χ4v) is 12.1. The van der Waals surface area contributed by atoms with Crippen LogP contribution in [-0.2, 0) is 19.1 Å². The molecule has 4 saturated carbocycles. The second kappa shape index (κ2) is 10.3. The third-order valence-electron chi connectivity index (χ3n) is 15.0. The number of aliphatic carboxylic acids is 1. The van der Waals surface area contributed by atoms with Crippen LogP contribution in [-0.4, -0.2) is 69.5 Å². The van der Waals surface area contributed by atoms with Crippen molar-refractivity contribution in [1.82, 2.24) is 0 Å². The van der Waals surface area contributed by atoms with E-state index in [1.807, 2.05) is 0 Å². The van der Waals surface area contributed by atoms with Crippen molar-refractivity contribution < 1.29 is 39.5 Å². The molecule has 6 aliphatic rings. The number of ketones is 1. The Kier molecular flexibility index (Phi) is 7.66. The van der Waals surface area contributed by atoms with Gasteiger partial charge in [0.1, 0.15) is 18.3 Å². The van der Waals surface area contributed by atoms with Crippen LogP contribution in [0.1, 0.15) is 113 Å². The fourth-order valence-electron chi connectivity index (χ4n) is 12.1. The number of carboxylic acids is 1. The molecule has 5 aliphatic carbocycles.